The fourth-order valence-corrected chi connectivity index (χ4v) is 1.63. The summed E-state index contributed by atoms with van der Waals surface area (Å²) in [5, 5.41) is 1.07. The van der Waals surface area contributed by atoms with E-state index < -0.39 is 0 Å². The zero-order valence-corrected chi connectivity index (χ0v) is 9.36. The Morgan fingerprint density at radius 2 is 2.19 bits per heavy atom. The highest BCUT2D eigenvalue weighted by Gasteiger charge is 2.07. The molecule has 2 aromatic rings. The van der Waals surface area contributed by atoms with Crippen molar-refractivity contribution in [2.75, 3.05) is 6.61 Å². The monoisotopic (exact) mass is 215 g/mol. The maximum absolute atomic E-state index is 11.5. The van der Waals surface area contributed by atoms with E-state index in [9.17, 15) is 4.79 Å². The number of esters is 1. The van der Waals surface area contributed by atoms with Crippen molar-refractivity contribution in [3.05, 3.63) is 41.6 Å². The van der Waals surface area contributed by atoms with Gasteiger partial charge in [-0.15, -0.1) is 0 Å². The Balaban J connectivity index is 2.48. The van der Waals surface area contributed by atoms with Crippen molar-refractivity contribution in [3.8, 4) is 0 Å². The Hall–Kier alpha value is -1.90. The Kier molecular flexibility index (Phi) is 2.86. The van der Waals surface area contributed by atoms with Crippen molar-refractivity contribution in [2.24, 2.45) is 0 Å². The summed E-state index contributed by atoms with van der Waals surface area (Å²) >= 11 is 0. The minimum Gasteiger partial charge on any atom is -0.462 e. The van der Waals surface area contributed by atoms with Crippen molar-refractivity contribution in [1.82, 2.24) is 4.98 Å². The minimum atomic E-state index is -0.298. The zero-order valence-electron chi connectivity index (χ0n) is 9.36. The van der Waals surface area contributed by atoms with Gasteiger partial charge < -0.3 is 4.74 Å². The van der Waals surface area contributed by atoms with Gasteiger partial charge in [0.15, 0.2) is 0 Å². The average molecular weight is 215 g/mol. The standard InChI is InChI=1S/C13H13NO2/c1-3-16-13(15)10-4-5-11-9(2)6-7-14-12(11)8-10/h4-8H,3H2,1-2H3. The molecule has 0 aliphatic rings. The number of nitrogens with zero attached hydrogens (tertiary/aromatic N) is 1. The van der Waals surface area contributed by atoms with E-state index >= 15 is 0 Å². The molecule has 1 heterocycles. The highest BCUT2D eigenvalue weighted by atomic mass is 16.5. The van der Waals surface area contributed by atoms with Crippen LogP contribution in [-0.2, 0) is 4.74 Å². The van der Waals surface area contributed by atoms with Crippen LogP contribution >= 0.6 is 0 Å². The summed E-state index contributed by atoms with van der Waals surface area (Å²) < 4.78 is 4.94. The topological polar surface area (TPSA) is 39.2 Å². The molecule has 0 saturated carbocycles. The third-order valence-corrected chi connectivity index (χ3v) is 2.47. The van der Waals surface area contributed by atoms with E-state index in [4.69, 9.17) is 4.74 Å². The van der Waals surface area contributed by atoms with Gasteiger partial charge in [-0.3, -0.25) is 4.98 Å². The number of carbonyl (C=O) groups excluding carboxylic acids is 1. The Bertz CT molecular complexity index is 534. The van der Waals surface area contributed by atoms with Crippen LogP contribution in [0.5, 0.6) is 0 Å². The van der Waals surface area contributed by atoms with Crippen molar-refractivity contribution in [1.29, 1.82) is 0 Å². The lowest BCUT2D eigenvalue weighted by Gasteiger charge is -2.04. The normalized spacial score (nSPS) is 10.4. The van der Waals surface area contributed by atoms with Crippen LogP contribution in [0.1, 0.15) is 22.8 Å². The van der Waals surface area contributed by atoms with E-state index in [1.807, 2.05) is 19.1 Å². The van der Waals surface area contributed by atoms with Crippen LogP contribution in [0.2, 0.25) is 0 Å². The summed E-state index contributed by atoms with van der Waals surface area (Å²) in [7, 11) is 0. The first-order valence-electron chi connectivity index (χ1n) is 5.25. The van der Waals surface area contributed by atoms with Gasteiger partial charge >= 0.3 is 5.97 Å². The molecule has 1 aromatic heterocycles. The van der Waals surface area contributed by atoms with Crippen LogP contribution in [0.25, 0.3) is 10.9 Å². The molecule has 0 aliphatic heterocycles. The summed E-state index contributed by atoms with van der Waals surface area (Å²) in [5.74, 6) is -0.298. The third-order valence-electron chi connectivity index (χ3n) is 2.47. The quantitative estimate of drug-likeness (QED) is 0.723. The number of aromatic nitrogens is 1. The molecule has 0 spiro atoms. The lowest BCUT2D eigenvalue weighted by Crippen LogP contribution is -2.04. The molecule has 0 bridgehead atoms. The number of rotatable bonds is 2. The largest absolute Gasteiger partial charge is 0.462 e. The van der Waals surface area contributed by atoms with Crippen molar-refractivity contribution < 1.29 is 9.53 Å². The van der Waals surface area contributed by atoms with Gasteiger partial charge in [0, 0.05) is 11.6 Å². The second kappa shape index (κ2) is 4.31. The molecule has 0 N–H and O–H groups in total. The highest BCUT2D eigenvalue weighted by molar-refractivity contribution is 5.94. The number of hydrogen-bond donors (Lipinski definition) is 0. The van der Waals surface area contributed by atoms with Gasteiger partial charge in [0.05, 0.1) is 17.7 Å². The molecule has 2 rings (SSSR count). The van der Waals surface area contributed by atoms with Crippen LogP contribution < -0.4 is 0 Å². The Morgan fingerprint density at radius 3 is 2.94 bits per heavy atom. The minimum absolute atomic E-state index is 0.298. The van der Waals surface area contributed by atoms with Crippen molar-refractivity contribution in [2.45, 2.75) is 13.8 Å². The SMILES string of the molecule is CCOC(=O)c1ccc2c(C)ccnc2c1. The predicted molar refractivity (Wildman–Crippen MR) is 62.4 cm³/mol. The number of hydrogen-bond acceptors (Lipinski definition) is 3. The van der Waals surface area contributed by atoms with Crippen LogP contribution in [0.4, 0.5) is 0 Å². The van der Waals surface area contributed by atoms with E-state index in [1.165, 1.54) is 0 Å². The number of aryl methyl sites for hydroxylation is 1. The number of benzene rings is 1. The number of fused-ring (bicyclic) bond motifs is 1. The Morgan fingerprint density at radius 1 is 1.38 bits per heavy atom. The predicted octanol–water partition coefficient (Wildman–Crippen LogP) is 2.72. The van der Waals surface area contributed by atoms with Crippen LogP contribution in [0, 0.1) is 6.92 Å². The molecule has 16 heavy (non-hydrogen) atoms. The molecular weight excluding hydrogens is 202 g/mol. The second-order valence-electron chi connectivity index (χ2n) is 3.58. The summed E-state index contributed by atoms with van der Waals surface area (Å²) in [5.41, 5.74) is 2.53. The summed E-state index contributed by atoms with van der Waals surface area (Å²) in [4.78, 5) is 15.8. The third kappa shape index (κ3) is 1.89. The lowest BCUT2D eigenvalue weighted by atomic mass is 10.1. The van der Waals surface area contributed by atoms with E-state index in [2.05, 4.69) is 4.98 Å². The Labute approximate surface area is 94.1 Å². The first-order valence-corrected chi connectivity index (χ1v) is 5.25. The van der Waals surface area contributed by atoms with Gasteiger partial charge in [0.2, 0.25) is 0 Å². The number of ether oxygens (including phenoxy) is 1. The average Bonchev–Trinajstić information content (AvgIpc) is 2.29. The van der Waals surface area contributed by atoms with Gasteiger partial charge in [0.1, 0.15) is 0 Å². The molecule has 0 aliphatic carbocycles. The zero-order chi connectivity index (χ0) is 11.5. The molecule has 3 nitrogen and oxygen atoms in total. The molecule has 0 saturated heterocycles. The molecular formula is C13H13NO2. The maximum atomic E-state index is 11.5. The molecule has 0 fully saturated rings. The maximum Gasteiger partial charge on any atom is 0.338 e. The lowest BCUT2D eigenvalue weighted by molar-refractivity contribution is 0.0526. The first kappa shape index (κ1) is 10.6. The van der Waals surface area contributed by atoms with E-state index in [0.29, 0.717) is 12.2 Å². The van der Waals surface area contributed by atoms with Crippen LogP contribution in [0.15, 0.2) is 30.5 Å². The molecule has 0 amide bonds. The molecule has 0 radical (unpaired) electrons. The second-order valence-corrected chi connectivity index (χ2v) is 3.58. The van der Waals surface area contributed by atoms with Gasteiger partial charge in [0.25, 0.3) is 0 Å². The molecule has 82 valence electrons. The number of carbonyl (C=O) groups is 1. The van der Waals surface area contributed by atoms with Gasteiger partial charge in [-0.25, -0.2) is 4.79 Å². The summed E-state index contributed by atoms with van der Waals surface area (Å²) in [6.45, 7) is 4.20. The van der Waals surface area contributed by atoms with Gasteiger partial charge in [-0.2, -0.15) is 0 Å². The fourth-order valence-electron chi connectivity index (χ4n) is 1.63. The molecule has 1 aromatic carbocycles. The van der Waals surface area contributed by atoms with E-state index in [0.717, 1.165) is 16.5 Å². The van der Waals surface area contributed by atoms with Crippen molar-refractivity contribution >= 4 is 16.9 Å². The molecule has 3 heteroatoms. The fraction of sp³-hybridized carbons (Fsp3) is 0.231. The van der Waals surface area contributed by atoms with Crippen LogP contribution in [0.3, 0.4) is 0 Å². The smallest absolute Gasteiger partial charge is 0.338 e. The highest BCUT2D eigenvalue weighted by Crippen LogP contribution is 2.17. The molecule has 0 unspecified atom stereocenters. The van der Waals surface area contributed by atoms with E-state index in [1.54, 1.807) is 25.3 Å². The first-order chi connectivity index (χ1) is 7.72. The summed E-state index contributed by atoms with van der Waals surface area (Å²) in [6.07, 6.45) is 1.74. The van der Waals surface area contributed by atoms with Crippen molar-refractivity contribution in [3.63, 3.8) is 0 Å². The van der Waals surface area contributed by atoms with E-state index in [-0.39, 0.29) is 5.97 Å². The molecule has 0 atom stereocenters. The van der Waals surface area contributed by atoms with Crippen LogP contribution in [-0.4, -0.2) is 17.6 Å². The number of pyridine rings is 1. The van der Waals surface area contributed by atoms with Gasteiger partial charge in [-0.05, 0) is 37.6 Å². The van der Waals surface area contributed by atoms with Gasteiger partial charge in [-0.1, -0.05) is 6.07 Å². The summed E-state index contributed by atoms with van der Waals surface area (Å²) in [6, 6.07) is 7.39.